The number of thiophene rings is 1. The van der Waals surface area contributed by atoms with Crippen molar-refractivity contribution in [2.45, 2.75) is 64.6 Å². The minimum Gasteiger partial charge on any atom is -0.333 e. The van der Waals surface area contributed by atoms with Crippen molar-refractivity contribution in [3.05, 3.63) is 155 Å². The number of fused-ring (bicyclic) bond motifs is 4. The Kier molecular flexibility index (Phi) is 10.1. The van der Waals surface area contributed by atoms with E-state index in [1.54, 1.807) is 23.5 Å². The number of imidazole rings is 1. The molecule has 0 saturated carbocycles. The summed E-state index contributed by atoms with van der Waals surface area (Å²) in [6.45, 7) is 3.58. The molecule has 299 valence electrons. The molecule has 4 aromatic carbocycles. The van der Waals surface area contributed by atoms with Crippen LogP contribution >= 0.6 is 11.3 Å². The number of halogens is 1. The predicted molar refractivity (Wildman–Crippen MR) is 244 cm³/mol. The number of aryl methyl sites for hydroxylation is 4. The van der Waals surface area contributed by atoms with E-state index in [4.69, 9.17) is 13.2 Å². The van der Waals surface area contributed by atoms with Crippen LogP contribution in [0.1, 0.15) is 56.1 Å². The SMILES string of the molecule is [2H]C([2H])([2H])c1cc[c-]c(-c2cc(C(C)C)[c]([Ge]([CH3])([CH3])[CH3])cn2)c1F.[2H]C([2H])([2H])c1ccc(-c2c[c-]c(-c3nc4ccccc4n3-c3cc(C)nc(C)c3)c3sc4ncccc4c23)cc1.[Ir]. The number of hydrogen-bond acceptors (Lipinski definition) is 5. The molecule has 0 bridgehead atoms. The van der Waals surface area contributed by atoms with Crippen molar-refractivity contribution < 1.29 is 32.7 Å². The molecule has 9 rings (SSSR count). The van der Waals surface area contributed by atoms with Crippen molar-refractivity contribution >= 4 is 60.3 Å². The van der Waals surface area contributed by atoms with E-state index < -0.39 is 32.8 Å². The van der Waals surface area contributed by atoms with Crippen LogP contribution in [0.15, 0.2) is 109 Å². The molecule has 0 amide bonds. The van der Waals surface area contributed by atoms with Crippen LogP contribution in [0.3, 0.4) is 0 Å². The van der Waals surface area contributed by atoms with Gasteiger partial charge in [-0.05, 0) is 55.7 Å². The van der Waals surface area contributed by atoms with Gasteiger partial charge in [0.15, 0.2) is 0 Å². The first-order valence-corrected chi connectivity index (χ1v) is 27.3. The van der Waals surface area contributed by atoms with Crippen molar-refractivity contribution in [2.24, 2.45) is 0 Å². The molecular formula is C50H46FGeIrN5S-2. The molecule has 5 nitrogen and oxygen atoms in total. The van der Waals surface area contributed by atoms with Crippen molar-refractivity contribution in [2.75, 3.05) is 0 Å². The smallest absolute Gasteiger partial charge is 0.113 e. The normalized spacial score (nSPS) is 13.5. The van der Waals surface area contributed by atoms with Crippen LogP contribution in [0.5, 0.6) is 0 Å². The second kappa shape index (κ2) is 17.0. The van der Waals surface area contributed by atoms with Crippen LogP contribution in [0.4, 0.5) is 4.39 Å². The Labute approximate surface area is 375 Å². The Morgan fingerprint density at radius 3 is 2.32 bits per heavy atom. The fourth-order valence-electron chi connectivity index (χ4n) is 7.48. The first-order valence-electron chi connectivity index (χ1n) is 22.2. The van der Waals surface area contributed by atoms with Gasteiger partial charge in [0.1, 0.15) is 4.83 Å². The zero-order chi connectivity index (χ0) is 45.9. The van der Waals surface area contributed by atoms with E-state index in [-0.39, 0.29) is 31.2 Å². The summed E-state index contributed by atoms with van der Waals surface area (Å²) in [5.74, 6) is 7.22. The fraction of sp³-hybridized carbons (Fsp3) is 0.200. The van der Waals surface area contributed by atoms with E-state index in [2.05, 4.69) is 87.0 Å². The number of aromatic nitrogens is 5. The van der Waals surface area contributed by atoms with Gasteiger partial charge in [0.05, 0.1) is 16.9 Å². The summed E-state index contributed by atoms with van der Waals surface area (Å²) in [4.78, 5) is 19.7. The van der Waals surface area contributed by atoms with Crippen LogP contribution < -0.4 is 4.40 Å². The Balaban J connectivity index is 0.000000217. The van der Waals surface area contributed by atoms with Crippen molar-refractivity contribution in [1.29, 1.82) is 0 Å². The zero-order valence-electron chi connectivity index (χ0n) is 39.8. The van der Waals surface area contributed by atoms with Crippen LogP contribution in [-0.4, -0.2) is 37.8 Å². The molecule has 0 unspecified atom stereocenters. The average molecular weight is 1040 g/mol. The van der Waals surface area contributed by atoms with Gasteiger partial charge in [0, 0.05) is 52.9 Å². The second-order valence-electron chi connectivity index (χ2n) is 15.8. The van der Waals surface area contributed by atoms with E-state index in [1.165, 1.54) is 22.1 Å². The van der Waals surface area contributed by atoms with E-state index in [0.717, 1.165) is 70.9 Å². The van der Waals surface area contributed by atoms with E-state index >= 15 is 0 Å². The Morgan fingerprint density at radius 1 is 0.847 bits per heavy atom. The van der Waals surface area contributed by atoms with Crippen LogP contribution in [0.25, 0.3) is 70.8 Å². The summed E-state index contributed by atoms with van der Waals surface area (Å²) in [6, 6.07) is 36.4. The first kappa shape index (κ1) is 35.0. The molecule has 9 aromatic rings. The van der Waals surface area contributed by atoms with Gasteiger partial charge in [-0.1, -0.05) is 70.1 Å². The quantitative estimate of drug-likeness (QED) is 0.123. The number of pyridine rings is 3. The second-order valence-corrected chi connectivity index (χ2v) is 27.4. The molecule has 1 radical (unpaired) electrons. The minimum atomic E-state index is -2.49. The maximum Gasteiger partial charge on any atom is 0.113 e. The van der Waals surface area contributed by atoms with E-state index in [0.29, 0.717) is 17.2 Å². The average Bonchev–Trinajstić information content (AvgIpc) is 3.82. The minimum absolute atomic E-state index is 0. The van der Waals surface area contributed by atoms with Gasteiger partial charge in [-0.2, -0.15) is 11.3 Å². The topological polar surface area (TPSA) is 56.5 Å². The Morgan fingerprint density at radius 2 is 1.61 bits per heavy atom. The molecule has 59 heavy (non-hydrogen) atoms. The maximum absolute atomic E-state index is 14.7. The number of rotatable bonds is 6. The van der Waals surface area contributed by atoms with Crippen LogP contribution in [0.2, 0.25) is 17.3 Å². The standard InChI is InChI=1S/C32H23N4S.C18H23FGeN.Ir/c1-19-10-12-22(13-11-19)24-14-15-26(30-29(24)25-7-6-16-33-32(25)37-30)31-35-27-8-4-5-9-28(27)36(31)23-17-20(2)34-21(3)18-23;1-12(2)15-10-17(21-11-16(15)20(4,5)6)14-9-7-8-13(3)18(14)19;/h4-14,16-18H,1-3H3;7-8,10-12H,1-6H3;/q2*-1;/i1D3;3D3;. The first-order chi connectivity index (χ1) is 30.2. The summed E-state index contributed by atoms with van der Waals surface area (Å²) in [5.41, 5.74) is 9.35. The van der Waals surface area contributed by atoms with Crippen LogP contribution in [-0.2, 0) is 20.1 Å². The Hall–Kier alpha value is -4.86. The molecule has 0 atom stereocenters. The number of benzene rings is 4. The molecule has 0 aliphatic heterocycles. The van der Waals surface area contributed by atoms with Gasteiger partial charge in [-0.3, -0.25) is 9.97 Å². The summed E-state index contributed by atoms with van der Waals surface area (Å²) in [7, 11) is 0. The third kappa shape index (κ3) is 8.33. The predicted octanol–water partition coefficient (Wildman–Crippen LogP) is 12.9. The molecule has 0 fully saturated rings. The largest absolute Gasteiger partial charge is 0.333 e. The Bertz CT molecular complexity index is 3190. The zero-order valence-corrected chi connectivity index (χ0v) is 39.1. The summed E-state index contributed by atoms with van der Waals surface area (Å²) in [5, 5.41) is 2.11. The molecule has 9 heteroatoms. The number of hydrogen-bond donors (Lipinski definition) is 0. The maximum atomic E-state index is 14.7. The molecule has 5 aromatic heterocycles. The monoisotopic (exact) mass is 1040 g/mol. The number of nitrogens with zero attached hydrogens (tertiary/aromatic N) is 5. The van der Waals surface area contributed by atoms with E-state index in [9.17, 15) is 4.39 Å². The van der Waals surface area contributed by atoms with Gasteiger partial charge in [-0.25, -0.2) is 4.98 Å². The van der Waals surface area contributed by atoms with Gasteiger partial charge in [0.25, 0.3) is 0 Å². The summed E-state index contributed by atoms with van der Waals surface area (Å²) < 4.78 is 64.9. The van der Waals surface area contributed by atoms with Gasteiger partial charge >= 0.3 is 134 Å². The number of para-hydroxylation sites is 2. The molecule has 0 N–H and O–H groups in total. The van der Waals surface area contributed by atoms with Gasteiger partial charge < -0.3 is 4.57 Å². The van der Waals surface area contributed by atoms with E-state index in [1.807, 2.05) is 74.8 Å². The third-order valence-electron chi connectivity index (χ3n) is 10.2. The third-order valence-corrected chi connectivity index (χ3v) is 15.6. The molecule has 0 aliphatic carbocycles. The summed E-state index contributed by atoms with van der Waals surface area (Å²) in [6.07, 6.45) is 3.66. The summed E-state index contributed by atoms with van der Waals surface area (Å²) >= 11 is -0.479. The van der Waals surface area contributed by atoms with Gasteiger partial charge in [0.2, 0.25) is 0 Å². The molecule has 5 heterocycles. The van der Waals surface area contributed by atoms with Crippen LogP contribution in [0, 0.1) is 45.5 Å². The molecule has 0 spiro atoms. The molecule has 0 aliphatic rings. The molecular weight excluding hydrogens is 986 g/mol. The fourth-order valence-corrected chi connectivity index (χ4v) is 12.2. The van der Waals surface area contributed by atoms with Crippen molar-refractivity contribution in [3.63, 3.8) is 0 Å². The van der Waals surface area contributed by atoms with Gasteiger partial charge in [-0.15, -0.1) is 12.1 Å². The van der Waals surface area contributed by atoms with Crippen molar-refractivity contribution in [1.82, 2.24) is 24.5 Å². The molecule has 0 saturated heterocycles. The van der Waals surface area contributed by atoms with Crippen molar-refractivity contribution in [3.8, 4) is 39.5 Å².